The Balaban J connectivity index is 2.19. The Morgan fingerprint density at radius 1 is 1.29 bits per heavy atom. The molecule has 110 valence electrons. The normalized spacial score (nSPS) is 10.2. The summed E-state index contributed by atoms with van der Waals surface area (Å²) in [6.07, 6.45) is 4.30. The molecule has 1 N–H and O–H groups in total. The number of aromatic nitrogens is 1. The fourth-order valence-electron chi connectivity index (χ4n) is 2.20. The smallest absolute Gasteiger partial charge is 0.315 e. The summed E-state index contributed by atoms with van der Waals surface area (Å²) in [7, 11) is 3.55. The van der Waals surface area contributed by atoms with Crippen molar-refractivity contribution in [1.29, 1.82) is 0 Å². The molecule has 0 atom stereocenters. The number of nitrogens with one attached hydrogen (secondary N) is 1. The molecule has 0 aliphatic heterocycles. The van der Waals surface area contributed by atoms with Gasteiger partial charge in [0.05, 0.1) is 4.92 Å². The van der Waals surface area contributed by atoms with Crippen LogP contribution in [0.4, 0.5) is 17.1 Å². The molecule has 6 nitrogen and oxygen atoms in total. The van der Waals surface area contributed by atoms with Crippen LogP contribution in [0.1, 0.15) is 5.56 Å². The number of likely N-dealkylation sites (N-methyl/N-ethyl adjacent to an activating group) is 1. The van der Waals surface area contributed by atoms with Crippen LogP contribution in [0.15, 0.2) is 42.7 Å². The molecule has 1 aromatic heterocycles. The second kappa shape index (κ2) is 6.69. The fraction of sp³-hybridized carbons (Fsp3) is 0.267. The molecule has 1 heterocycles. The Hall–Kier alpha value is -2.63. The highest BCUT2D eigenvalue weighted by molar-refractivity contribution is 5.76. The molecule has 0 fully saturated rings. The van der Waals surface area contributed by atoms with Gasteiger partial charge in [0.1, 0.15) is 11.4 Å². The van der Waals surface area contributed by atoms with Gasteiger partial charge in [0.2, 0.25) is 0 Å². The molecule has 0 bridgehead atoms. The van der Waals surface area contributed by atoms with E-state index in [2.05, 4.69) is 10.3 Å². The number of nitro groups is 1. The maximum Gasteiger partial charge on any atom is 0.315 e. The molecule has 0 saturated carbocycles. The van der Waals surface area contributed by atoms with E-state index in [0.717, 1.165) is 12.0 Å². The van der Waals surface area contributed by atoms with Crippen molar-refractivity contribution in [3.8, 4) is 0 Å². The van der Waals surface area contributed by atoms with E-state index in [-0.39, 0.29) is 10.6 Å². The quantitative estimate of drug-likeness (QED) is 0.653. The highest BCUT2D eigenvalue weighted by Gasteiger charge is 2.21. The predicted octanol–water partition coefficient (Wildman–Crippen LogP) is 2.71. The maximum absolute atomic E-state index is 11.3. The first-order valence-electron chi connectivity index (χ1n) is 6.68. The second-order valence-electron chi connectivity index (χ2n) is 4.71. The van der Waals surface area contributed by atoms with Crippen molar-refractivity contribution in [3.63, 3.8) is 0 Å². The van der Waals surface area contributed by atoms with Crippen molar-refractivity contribution >= 4 is 17.1 Å². The third-order valence-electron chi connectivity index (χ3n) is 3.36. The summed E-state index contributed by atoms with van der Waals surface area (Å²) in [5.41, 5.74) is 2.40. The number of hydrogen-bond donors (Lipinski definition) is 1. The van der Waals surface area contributed by atoms with Gasteiger partial charge in [0.25, 0.3) is 0 Å². The van der Waals surface area contributed by atoms with Gasteiger partial charge >= 0.3 is 5.69 Å². The zero-order valence-electron chi connectivity index (χ0n) is 12.1. The summed E-state index contributed by atoms with van der Waals surface area (Å²) in [6, 6.07) is 9.19. The Labute approximate surface area is 123 Å². The monoisotopic (exact) mass is 286 g/mol. The lowest BCUT2D eigenvalue weighted by Gasteiger charge is -2.20. The lowest BCUT2D eigenvalue weighted by atomic mass is 10.1. The van der Waals surface area contributed by atoms with Crippen LogP contribution in [0.5, 0.6) is 0 Å². The highest BCUT2D eigenvalue weighted by Crippen LogP contribution is 2.34. The zero-order chi connectivity index (χ0) is 15.2. The molecule has 0 saturated heterocycles. The van der Waals surface area contributed by atoms with E-state index in [1.807, 2.05) is 30.1 Å². The van der Waals surface area contributed by atoms with Crippen molar-refractivity contribution in [3.05, 3.63) is 58.4 Å². The molecule has 2 rings (SSSR count). The molecule has 1 aromatic carbocycles. The van der Waals surface area contributed by atoms with Crippen LogP contribution in [0.25, 0.3) is 0 Å². The van der Waals surface area contributed by atoms with Crippen molar-refractivity contribution in [2.24, 2.45) is 0 Å². The van der Waals surface area contributed by atoms with Crippen molar-refractivity contribution in [2.45, 2.75) is 6.42 Å². The van der Waals surface area contributed by atoms with Gasteiger partial charge in [-0.15, -0.1) is 0 Å². The van der Waals surface area contributed by atoms with Crippen molar-refractivity contribution in [2.75, 3.05) is 30.9 Å². The lowest BCUT2D eigenvalue weighted by Crippen LogP contribution is -2.21. The van der Waals surface area contributed by atoms with E-state index in [1.165, 1.54) is 0 Å². The maximum atomic E-state index is 11.3. The van der Waals surface area contributed by atoms with Gasteiger partial charge in [0.15, 0.2) is 0 Å². The van der Waals surface area contributed by atoms with Gasteiger partial charge in [-0.1, -0.05) is 6.07 Å². The standard InChI is InChI=1S/C15H18N4O2/c1-16-13-4-3-5-14(15(13)19(20)21)18(2)11-8-12-6-9-17-10-7-12/h3-7,9-10,16H,8,11H2,1-2H3. The minimum atomic E-state index is -0.343. The number of benzene rings is 1. The van der Waals surface area contributed by atoms with Crippen molar-refractivity contribution < 1.29 is 4.92 Å². The van der Waals surface area contributed by atoms with Crippen LogP contribution < -0.4 is 10.2 Å². The number of pyridine rings is 1. The molecule has 2 aromatic rings. The first-order valence-corrected chi connectivity index (χ1v) is 6.68. The predicted molar refractivity (Wildman–Crippen MR) is 83.9 cm³/mol. The van der Waals surface area contributed by atoms with Gasteiger partial charge < -0.3 is 10.2 Å². The SMILES string of the molecule is CNc1cccc(N(C)CCc2ccncc2)c1[N+](=O)[O-]. The summed E-state index contributed by atoms with van der Waals surface area (Å²) in [4.78, 5) is 16.8. The van der Waals surface area contributed by atoms with E-state index < -0.39 is 0 Å². The molecular weight excluding hydrogens is 268 g/mol. The number of hydrogen-bond acceptors (Lipinski definition) is 5. The summed E-state index contributed by atoms with van der Waals surface area (Å²) >= 11 is 0. The number of nitrogens with zero attached hydrogens (tertiary/aromatic N) is 3. The molecule has 0 radical (unpaired) electrons. The molecule has 0 aliphatic carbocycles. The molecular formula is C15H18N4O2. The van der Waals surface area contributed by atoms with Gasteiger partial charge in [-0.05, 0) is 36.2 Å². The summed E-state index contributed by atoms with van der Waals surface area (Å²) in [5, 5.41) is 14.2. The first kappa shape index (κ1) is 14.8. The fourth-order valence-corrected chi connectivity index (χ4v) is 2.20. The average Bonchev–Trinajstić information content (AvgIpc) is 2.52. The number of anilines is 2. The van der Waals surface area contributed by atoms with E-state index in [9.17, 15) is 10.1 Å². The average molecular weight is 286 g/mol. The third-order valence-corrected chi connectivity index (χ3v) is 3.36. The van der Waals surface area contributed by atoms with Crippen LogP contribution in [0.3, 0.4) is 0 Å². The molecule has 0 unspecified atom stereocenters. The number of nitro benzene ring substituents is 1. The third kappa shape index (κ3) is 3.47. The highest BCUT2D eigenvalue weighted by atomic mass is 16.6. The molecule has 6 heteroatoms. The van der Waals surface area contributed by atoms with Gasteiger partial charge in [-0.25, -0.2) is 0 Å². The second-order valence-corrected chi connectivity index (χ2v) is 4.71. The minimum absolute atomic E-state index is 0.109. The van der Waals surface area contributed by atoms with Gasteiger partial charge in [-0.3, -0.25) is 15.1 Å². The zero-order valence-corrected chi connectivity index (χ0v) is 12.1. The van der Waals surface area contributed by atoms with Crippen LogP contribution in [0, 0.1) is 10.1 Å². The Kier molecular flexibility index (Phi) is 4.71. The van der Waals surface area contributed by atoms with Crippen LogP contribution in [0.2, 0.25) is 0 Å². The summed E-state index contributed by atoms with van der Waals surface area (Å²) in [6.45, 7) is 0.692. The van der Waals surface area contributed by atoms with E-state index in [4.69, 9.17) is 0 Å². The van der Waals surface area contributed by atoms with Crippen LogP contribution >= 0.6 is 0 Å². The Morgan fingerprint density at radius 2 is 2.00 bits per heavy atom. The molecule has 0 spiro atoms. The minimum Gasteiger partial charge on any atom is -0.382 e. The van der Waals surface area contributed by atoms with E-state index in [1.54, 1.807) is 31.6 Å². The number of rotatable bonds is 6. The summed E-state index contributed by atoms with van der Waals surface area (Å²) < 4.78 is 0. The van der Waals surface area contributed by atoms with E-state index in [0.29, 0.717) is 17.9 Å². The van der Waals surface area contributed by atoms with E-state index >= 15 is 0 Å². The number of para-hydroxylation sites is 1. The topological polar surface area (TPSA) is 71.3 Å². The molecule has 0 aliphatic rings. The van der Waals surface area contributed by atoms with Crippen LogP contribution in [-0.4, -0.2) is 30.5 Å². The van der Waals surface area contributed by atoms with Gasteiger partial charge in [0, 0.05) is 33.0 Å². The molecule has 21 heavy (non-hydrogen) atoms. The van der Waals surface area contributed by atoms with Gasteiger partial charge in [-0.2, -0.15) is 0 Å². The van der Waals surface area contributed by atoms with Crippen LogP contribution in [-0.2, 0) is 6.42 Å². The Morgan fingerprint density at radius 3 is 2.62 bits per heavy atom. The lowest BCUT2D eigenvalue weighted by molar-refractivity contribution is -0.383. The van der Waals surface area contributed by atoms with Crippen molar-refractivity contribution in [1.82, 2.24) is 4.98 Å². The largest absolute Gasteiger partial charge is 0.382 e. The summed E-state index contributed by atoms with van der Waals surface area (Å²) in [5.74, 6) is 0. The Bertz CT molecular complexity index is 616. The molecule has 0 amide bonds. The first-order chi connectivity index (χ1) is 10.1.